The van der Waals surface area contributed by atoms with E-state index in [0.29, 0.717) is 22.2 Å². The van der Waals surface area contributed by atoms with Crippen LogP contribution < -0.4 is 5.73 Å². The molecule has 1 amide bonds. The van der Waals surface area contributed by atoms with Crippen LogP contribution in [0.1, 0.15) is 15.9 Å². The quantitative estimate of drug-likeness (QED) is 0.323. The van der Waals surface area contributed by atoms with Crippen molar-refractivity contribution in [3.63, 3.8) is 0 Å². The van der Waals surface area contributed by atoms with Gasteiger partial charge in [-0.2, -0.15) is 11.3 Å². The van der Waals surface area contributed by atoms with Crippen molar-refractivity contribution in [2.24, 2.45) is 5.73 Å². The molecule has 0 spiro atoms. The second kappa shape index (κ2) is 7.47. The Morgan fingerprint density at radius 2 is 1.83 bits per heavy atom. The number of carbonyl (C=O) groups is 1. The summed E-state index contributed by atoms with van der Waals surface area (Å²) in [5.41, 5.74) is 10.9. The van der Waals surface area contributed by atoms with Gasteiger partial charge in [0.05, 0.1) is 11.0 Å². The molecule has 0 aliphatic carbocycles. The van der Waals surface area contributed by atoms with Gasteiger partial charge in [0.15, 0.2) is 0 Å². The average molecular weight is 450 g/mol. The van der Waals surface area contributed by atoms with Crippen LogP contribution in [-0.4, -0.2) is 10.5 Å². The molecule has 0 bridgehead atoms. The molecule has 5 aromatic rings. The molecule has 2 aromatic heterocycles. The number of aromatic nitrogens is 1. The SMILES string of the molecule is NC(=O)c1cccc2c1c1[c]cc(-c3c(Cl)cccc3Cl)cc1n2Cc1ccsc1. The van der Waals surface area contributed by atoms with Crippen molar-refractivity contribution in [2.45, 2.75) is 6.54 Å². The van der Waals surface area contributed by atoms with Gasteiger partial charge in [-0.1, -0.05) is 35.3 Å². The Kier molecular flexibility index (Phi) is 4.78. The summed E-state index contributed by atoms with van der Waals surface area (Å²) in [4.78, 5) is 12.1. The summed E-state index contributed by atoms with van der Waals surface area (Å²) in [6.45, 7) is 0.666. The Morgan fingerprint density at radius 3 is 2.53 bits per heavy atom. The minimum atomic E-state index is -0.457. The number of amides is 1. The van der Waals surface area contributed by atoms with Crippen molar-refractivity contribution in [3.8, 4) is 11.1 Å². The first-order valence-corrected chi connectivity index (χ1v) is 11.0. The van der Waals surface area contributed by atoms with Crippen LogP contribution >= 0.6 is 34.5 Å². The van der Waals surface area contributed by atoms with Crippen LogP contribution in [-0.2, 0) is 6.54 Å². The second-order valence-corrected chi connectivity index (χ2v) is 8.62. The fraction of sp³-hybridized carbons (Fsp3) is 0.0417. The number of hydrogen-bond acceptors (Lipinski definition) is 2. The lowest BCUT2D eigenvalue weighted by atomic mass is 10.0. The summed E-state index contributed by atoms with van der Waals surface area (Å²) in [5, 5.41) is 6.99. The molecule has 3 aromatic carbocycles. The smallest absolute Gasteiger partial charge is 0.249 e. The molecule has 5 rings (SSSR count). The topological polar surface area (TPSA) is 48.0 Å². The summed E-state index contributed by atoms with van der Waals surface area (Å²) < 4.78 is 2.18. The van der Waals surface area contributed by atoms with Gasteiger partial charge in [-0.3, -0.25) is 4.79 Å². The fourth-order valence-electron chi connectivity index (χ4n) is 3.91. The zero-order valence-corrected chi connectivity index (χ0v) is 18.0. The molecule has 147 valence electrons. The summed E-state index contributed by atoms with van der Waals surface area (Å²) in [7, 11) is 0. The summed E-state index contributed by atoms with van der Waals surface area (Å²) in [5.74, 6) is -0.457. The molecule has 0 aliphatic rings. The number of carbonyl (C=O) groups excluding carboxylic acids is 1. The third-order valence-electron chi connectivity index (χ3n) is 5.23. The maximum Gasteiger partial charge on any atom is 0.249 e. The number of rotatable bonds is 4. The van der Waals surface area contributed by atoms with Gasteiger partial charge in [-0.25, -0.2) is 0 Å². The third-order valence-corrected chi connectivity index (χ3v) is 6.59. The minimum absolute atomic E-state index is 0.457. The van der Waals surface area contributed by atoms with E-state index in [4.69, 9.17) is 28.9 Å². The monoisotopic (exact) mass is 449 g/mol. The first-order valence-electron chi connectivity index (χ1n) is 9.26. The van der Waals surface area contributed by atoms with Crippen molar-refractivity contribution in [2.75, 3.05) is 0 Å². The van der Waals surface area contributed by atoms with Crippen LogP contribution in [0.15, 0.2) is 65.4 Å². The second-order valence-electron chi connectivity index (χ2n) is 7.03. The first-order chi connectivity index (χ1) is 14.5. The number of halogens is 2. The first kappa shape index (κ1) is 19.2. The lowest BCUT2D eigenvalue weighted by Crippen LogP contribution is -2.11. The number of nitrogens with two attached hydrogens (primary N) is 1. The fourth-order valence-corrected chi connectivity index (χ4v) is 5.19. The van der Waals surface area contributed by atoms with Gasteiger partial charge in [-0.15, -0.1) is 0 Å². The van der Waals surface area contributed by atoms with Crippen LogP contribution in [0.2, 0.25) is 10.0 Å². The van der Waals surface area contributed by atoms with Gasteiger partial charge >= 0.3 is 0 Å². The van der Waals surface area contributed by atoms with Crippen LogP contribution in [0.3, 0.4) is 0 Å². The van der Waals surface area contributed by atoms with Gasteiger partial charge in [0.1, 0.15) is 0 Å². The number of benzene rings is 3. The number of hydrogen-bond donors (Lipinski definition) is 1. The molecule has 30 heavy (non-hydrogen) atoms. The standard InChI is InChI=1S/C24H15Cl2N2OS/c25-18-4-2-5-19(26)22(18)15-7-8-16-21(11-15)28(12-14-9-10-30-13-14)20-6-1-3-17(23(16)20)24(27)29/h1-7,9-11,13H,12H2,(H2,27,29). The van der Waals surface area contributed by atoms with E-state index in [1.54, 1.807) is 17.4 Å². The molecule has 3 nitrogen and oxygen atoms in total. The normalized spacial score (nSPS) is 11.4. The molecular formula is C24H15Cl2N2OS. The molecule has 2 heterocycles. The van der Waals surface area contributed by atoms with Gasteiger partial charge in [0.2, 0.25) is 5.91 Å². The van der Waals surface area contributed by atoms with Crippen molar-refractivity contribution in [3.05, 3.63) is 92.6 Å². The van der Waals surface area contributed by atoms with Gasteiger partial charge in [-0.05, 0) is 70.4 Å². The highest BCUT2D eigenvalue weighted by Gasteiger charge is 2.18. The average Bonchev–Trinajstić information content (AvgIpc) is 3.35. The van der Waals surface area contributed by atoms with E-state index in [9.17, 15) is 4.79 Å². The lowest BCUT2D eigenvalue weighted by molar-refractivity contribution is 0.100. The molecule has 2 N–H and O–H groups in total. The maximum atomic E-state index is 12.1. The predicted octanol–water partition coefficient (Wildman–Crippen LogP) is 6.78. The van der Waals surface area contributed by atoms with Crippen molar-refractivity contribution < 1.29 is 4.79 Å². The predicted molar refractivity (Wildman–Crippen MR) is 126 cm³/mol. The Morgan fingerprint density at radius 1 is 1.07 bits per heavy atom. The molecule has 0 saturated heterocycles. The molecule has 0 unspecified atom stereocenters. The Hall–Kier alpha value is -2.79. The van der Waals surface area contributed by atoms with E-state index < -0.39 is 5.91 Å². The molecule has 0 atom stereocenters. The molecule has 0 aliphatic heterocycles. The van der Waals surface area contributed by atoms with Crippen LogP contribution in [0.5, 0.6) is 0 Å². The third kappa shape index (κ3) is 3.08. The zero-order valence-electron chi connectivity index (χ0n) is 15.7. The van der Waals surface area contributed by atoms with Gasteiger partial charge in [0, 0.05) is 38.5 Å². The Balaban J connectivity index is 1.85. The van der Waals surface area contributed by atoms with E-state index >= 15 is 0 Å². The summed E-state index contributed by atoms with van der Waals surface area (Å²) >= 11 is 14.6. The highest BCUT2D eigenvalue weighted by atomic mass is 35.5. The molecule has 0 fully saturated rings. The molecular weight excluding hydrogens is 435 g/mol. The zero-order chi connectivity index (χ0) is 20.8. The van der Waals surface area contributed by atoms with Crippen molar-refractivity contribution >= 4 is 62.3 Å². The Bertz CT molecular complexity index is 1400. The Labute approximate surface area is 187 Å². The molecule has 0 saturated carbocycles. The largest absolute Gasteiger partial charge is 0.366 e. The van der Waals surface area contributed by atoms with Crippen molar-refractivity contribution in [1.29, 1.82) is 0 Å². The van der Waals surface area contributed by atoms with E-state index in [0.717, 1.165) is 32.9 Å². The molecule has 1 radical (unpaired) electrons. The number of fused-ring (bicyclic) bond motifs is 3. The van der Waals surface area contributed by atoms with Crippen LogP contribution in [0.25, 0.3) is 32.9 Å². The van der Waals surface area contributed by atoms with E-state index in [-0.39, 0.29) is 0 Å². The molecule has 6 heteroatoms. The van der Waals surface area contributed by atoms with Gasteiger partial charge in [0.25, 0.3) is 0 Å². The van der Waals surface area contributed by atoms with Crippen molar-refractivity contribution in [1.82, 2.24) is 4.57 Å². The lowest BCUT2D eigenvalue weighted by Gasteiger charge is -2.10. The summed E-state index contributed by atoms with van der Waals surface area (Å²) in [6, 6.07) is 20.5. The van der Waals surface area contributed by atoms with E-state index in [2.05, 4.69) is 33.5 Å². The van der Waals surface area contributed by atoms with Crippen LogP contribution in [0.4, 0.5) is 0 Å². The number of primary amides is 1. The maximum absolute atomic E-state index is 12.1. The van der Waals surface area contributed by atoms with E-state index in [1.807, 2.05) is 36.4 Å². The number of nitrogens with zero attached hydrogens (tertiary/aromatic N) is 1. The highest BCUT2D eigenvalue weighted by Crippen LogP contribution is 2.39. The minimum Gasteiger partial charge on any atom is -0.366 e. The number of thiophene rings is 1. The van der Waals surface area contributed by atoms with Crippen LogP contribution in [0, 0.1) is 6.07 Å². The summed E-state index contributed by atoms with van der Waals surface area (Å²) in [6.07, 6.45) is 0. The highest BCUT2D eigenvalue weighted by molar-refractivity contribution is 7.07. The van der Waals surface area contributed by atoms with E-state index in [1.165, 1.54) is 5.56 Å². The van der Waals surface area contributed by atoms with Gasteiger partial charge < -0.3 is 10.3 Å².